The quantitative estimate of drug-likeness (QED) is 0.799. The average molecular weight is 381 g/mol. The van der Waals surface area contributed by atoms with Gasteiger partial charge in [-0.1, -0.05) is 30.6 Å². The maximum Gasteiger partial charge on any atom is 0.223 e. The van der Waals surface area contributed by atoms with Crippen molar-refractivity contribution >= 4 is 38.8 Å². The molecule has 0 atom stereocenters. The summed E-state index contributed by atoms with van der Waals surface area (Å²) in [5.41, 5.74) is 1.77. The second-order valence-electron chi connectivity index (χ2n) is 6.34. The number of hydrogen-bond acceptors (Lipinski definition) is 7. The van der Waals surface area contributed by atoms with E-state index in [9.17, 15) is 9.90 Å². The summed E-state index contributed by atoms with van der Waals surface area (Å²) in [4.78, 5) is 23.7. The van der Waals surface area contributed by atoms with Gasteiger partial charge in [-0.3, -0.25) is 4.79 Å². The number of aliphatic hydroxyl groups excluding tert-OH is 1. The summed E-state index contributed by atoms with van der Waals surface area (Å²) in [7, 11) is 0. The second-order valence-corrected chi connectivity index (χ2v) is 8.17. The minimum absolute atomic E-state index is 0.120. The highest BCUT2D eigenvalue weighted by Crippen LogP contribution is 2.37. The van der Waals surface area contributed by atoms with Gasteiger partial charge in [0.25, 0.3) is 0 Å². The van der Waals surface area contributed by atoms with Crippen molar-refractivity contribution in [3.8, 4) is 10.6 Å². The fourth-order valence-electron chi connectivity index (χ4n) is 3.27. The van der Waals surface area contributed by atoms with Crippen LogP contribution in [0, 0.1) is 6.92 Å². The van der Waals surface area contributed by atoms with E-state index >= 15 is 0 Å². The Hall–Kier alpha value is -1.51. The van der Waals surface area contributed by atoms with E-state index in [2.05, 4.69) is 15.2 Å². The summed E-state index contributed by atoms with van der Waals surface area (Å²) in [6, 6.07) is 0.470. The molecule has 1 amide bonds. The normalized spacial score (nSPS) is 15.3. The Morgan fingerprint density at radius 3 is 2.80 bits per heavy atom. The zero-order valence-corrected chi connectivity index (χ0v) is 16.3. The molecule has 3 rings (SSSR count). The molecule has 0 aromatic carbocycles. The number of carbonyl (C=O) groups is 1. The lowest BCUT2D eigenvalue weighted by Gasteiger charge is -2.33. The van der Waals surface area contributed by atoms with Gasteiger partial charge in [-0.05, 0) is 19.8 Å². The molecule has 0 saturated heterocycles. The second kappa shape index (κ2) is 8.25. The van der Waals surface area contributed by atoms with E-state index in [0.29, 0.717) is 17.7 Å². The van der Waals surface area contributed by atoms with Gasteiger partial charge in [0.2, 0.25) is 5.91 Å². The summed E-state index contributed by atoms with van der Waals surface area (Å²) in [6.07, 6.45) is 6.14. The summed E-state index contributed by atoms with van der Waals surface area (Å²) in [6.45, 7) is 4.17. The Morgan fingerprint density at radius 1 is 1.36 bits per heavy atom. The first-order valence-electron chi connectivity index (χ1n) is 8.67. The minimum Gasteiger partial charge on any atom is -0.395 e. The maximum atomic E-state index is 11.2. The number of carbonyl (C=O) groups excluding carboxylic acids is 1. The third kappa shape index (κ3) is 4.37. The van der Waals surface area contributed by atoms with Crippen LogP contribution < -0.4 is 10.2 Å². The topological polar surface area (TPSA) is 78.4 Å². The number of aliphatic hydroxyl groups is 1. The van der Waals surface area contributed by atoms with Crippen molar-refractivity contribution in [3.05, 3.63) is 11.1 Å². The molecule has 1 fully saturated rings. The standard InChI is InChI=1S/C17H24N4O2S2/c1-11-15(25-16(18-11)19-12(2)23)14-10-24-17(20-14)21(8-9-22)13-6-4-3-5-7-13/h10,13,22H,3-9H2,1-2H3,(H,18,19,23). The molecule has 136 valence electrons. The number of anilines is 2. The van der Waals surface area contributed by atoms with Gasteiger partial charge in [-0.25, -0.2) is 9.97 Å². The van der Waals surface area contributed by atoms with Gasteiger partial charge < -0.3 is 15.3 Å². The summed E-state index contributed by atoms with van der Waals surface area (Å²) >= 11 is 3.06. The van der Waals surface area contributed by atoms with E-state index in [-0.39, 0.29) is 12.5 Å². The Kier molecular flexibility index (Phi) is 6.03. The van der Waals surface area contributed by atoms with Gasteiger partial charge in [-0.2, -0.15) is 0 Å². The Bertz CT molecular complexity index is 722. The van der Waals surface area contributed by atoms with Crippen molar-refractivity contribution in [3.63, 3.8) is 0 Å². The lowest BCUT2D eigenvalue weighted by atomic mass is 9.94. The van der Waals surface area contributed by atoms with Crippen LogP contribution in [0.3, 0.4) is 0 Å². The smallest absolute Gasteiger partial charge is 0.223 e. The van der Waals surface area contributed by atoms with Crippen molar-refractivity contribution in [2.24, 2.45) is 0 Å². The van der Waals surface area contributed by atoms with E-state index in [1.807, 2.05) is 12.3 Å². The highest BCUT2D eigenvalue weighted by molar-refractivity contribution is 7.20. The van der Waals surface area contributed by atoms with Crippen molar-refractivity contribution in [1.82, 2.24) is 9.97 Å². The molecule has 0 bridgehead atoms. The van der Waals surface area contributed by atoms with Gasteiger partial charge in [0.05, 0.1) is 22.9 Å². The SMILES string of the molecule is CC(=O)Nc1nc(C)c(-c2csc(N(CCO)C3CCCCC3)n2)s1. The largest absolute Gasteiger partial charge is 0.395 e. The summed E-state index contributed by atoms with van der Waals surface area (Å²) < 4.78 is 0. The number of thiazole rings is 2. The third-order valence-corrected chi connectivity index (χ3v) is 6.38. The van der Waals surface area contributed by atoms with Crippen molar-refractivity contribution in [2.45, 2.75) is 52.0 Å². The minimum atomic E-state index is -0.120. The number of rotatable bonds is 6. The van der Waals surface area contributed by atoms with Gasteiger partial charge in [-0.15, -0.1) is 11.3 Å². The van der Waals surface area contributed by atoms with Crippen molar-refractivity contribution < 1.29 is 9.90 Å². The lowest BCUT2D eigenvalue weighted by molar-refractivity contribution is -0.114. The number of nitrogens with zero attached hydrogens (tertiary/aromatic N) is 3. The van der Waals surface area contributed by atoms with Gasteiger partial charge in [0, 0.05) is 24.9 Å². The highest BCUT2D eigenvalue weighted by Gasteiger charge is 2.24. The number of aryl methyl sites for hydroxylation is 1. The van der Waals surface area contributed by atoms with E-state index < -0.39 is 0 Å². The zero-order chi connectivity index (χ0) is 17.8. The average Bonchev–Trinajstić information content (AvgIpc) is 3.19. The van der Waals surface area contributed by atoms with E-state index in [4.69, 9.17) is 4.98 Å². The van der Waals surface area contributed by atoms with Gasteiger partial charge in [0.1, 0.15) is 0 Å². The predicted octanol–water partition coefficient (Wildman–Crippen LogP) is 3.66. The Balaban J connectivity index is 1.82. The molecule has 2 aromatic rings. The lowest BCUT2D eigenvalue weighted by Crippen LogP contribution is -2.38. The maximum absolute atomic E-state index is 11.2. The zero-order valence-electron chi connectivity index (χ0n) is 14.6. The van der Waals surface area contributed by atoms with Crippen LogP contribution in [-0.2, 0) is 4.79 Å². The molecule has 0 unspecified atom stereocenters. The summed E-state index contributed by atoms with van der Waals surface area (Å²) in [5, 5.41) is 15.8. The van der Waals surface area contributed by atoms with Gasteiger partial charge >= 0.3 is 0 Å². The first-order valence-corrected chi connectivity index (χ1v) is 10.4. The van der Waals surface area contributed by atoms with Crippen LogP contribution in [0.25, 0.3) is 10.6 Å². The van der Waals surface area contributed by atoms with E-state index in [0.717, 1.165) is 21.4 Å². The molecular formula is C17H24N4O2S2. The van der Waals surface area contributed by atoms with E-state index in [1.165, 1.54) is 50.4 Å². The first-order chi connectivity index (χ1) is 12.1. The van der Waals surface area contributed by atoms with Gasteiger partial charge in [0.15, 0.2) is 10.3 Å². The number of amides is 1. The molecule has 2 N–H and O–H groups in total. The fourth-order valence-corrected chi connectivity index (χ4v) is 5.24. The molecule has 0 spiro atoms. The monoisotopic (exact) mass is 380 g/mol. The number of nitrogens with one attached hydrogen (secondary N) is 1. The van der Waals surface area contributed by atoms with Crippen molar-refractivity contribution in [1.29, 1.82) is 0 Å². The molecule has 8 heteroatoms. The third-order valence-electron chi connectivity index (χ3n) is 4.41. The molecule has 6 nitrogen and oxygen atoms in total. The molecular weight excluding hydrogens is 356 g/mol. The molecule has 1 saturated carbocycles. The van der Waals surface area contributed by atoms with E-state index in [1.54, 1.807) is 11.3 Å². The van der Waals surface area contributed by atoms with Crippen LogP contribution in [0.4, 0.5) is 10.3 Å². The highest BCUT2D eigenvalue weighted by atomic mass is 32.1. The van der Waals surface area contributed by atoms with Crippen LogP contribution in [0.2, 0.25) is 0 Å². The summed E-state index contributed by atoms with van der Waals surface area (Å²) in [5.74, 6) is -0.120. The number of aromatic nitrogens is 2. The van der Waals surface area contributed by atoms with Crippen LogP contribution in [-0.4, -0.2) is 40.2 Å². The van der Waals surface area contributed by atoms with Crippen LogP contribution in [0.5, 0.6) is 0 Å². The van der Waals surface area contributed by atoms with Crippen LogP contribution in [0.15, 0.2) is 5.38 Å². The van der Waals surface area contributed by atoms with Crippen molar-refractivity contribution in [2.75, 3.05) is 23.4 Å². The molecule has 0 aliphatic heterocycles. The molecule has 25 heavy (non-hydrogen) atoms. The molecule has 2 aromatic heterocycles. The molecule has 0 radical (unpaired) electrons. The Morgan fingerprint density at radius 2 is 2.12 bits per heavy atom. The molecule has 1 aliphatic carbocycles. The molecule has 2 heterocycles. The molecule has 1 aliphatic rings. The first kappa shape index (κ1) is 18.3. The van der Waals surface area contributed by atoms with Crippen LogP contribution in [0.1, 0.15) is 44.7 Å². The fraction of sp³-hybridized carbons (Fsp3) is 0.588. The Labute approximate surface area is 155 Å². The predicted molar refractivity (Wildman–Crippen MR) is 104 cm³/mol. The number of hydrogen-bond donors (Lipinski definition) is 2. The van der Waals surface area contributed by atoms with Crippen LogP contribution >= 0.6 is 22.7 Å².